The summed E-state index contributed by atoms with van der Waals surface area (Å²) in [6, 6.07) is 9.13. The van der Waals surface area contributed by atoms with Gasteiger partial charge in [0, 0.05) is 6.54 Å². The Kier molecular flexibility index (Phi) is 3.52. The molecule has 1 heterocycles. The highest BCUT2D eigenvalue weighted by atomic mass is 16.5. The number of methoxy groups -OCH3 is 1. The predicted molar refractivity (Wildman–Crippen MR) is 63.0 cm³/mol. The van der Waals surface area contributed by atoms with Crippen LogP contribution in [0.3, 0.4) is 0 Å². The van der Waals surface area contributed by atoms with Crippen LogP contribution in [0.5, 0.6) is 17.5 Å². The fraction of sp³-hybridized carbons (Fsp3) is 0.167. The van der Waals surface area contributed by atoms with Crippen molar-refractivity contribution in [1.29, 1.82) is 0 Å². The highest BCUT2D eigenvalue weighted by Gasteiger charge is 2.01. The molecule has 88 valence electrons. The van der Waals surface area contributed by atoms with Gasteiger partial charge in [-0.05, 0) is 17.7 Å². The van der Waals surface area contributed by atoms with Crippen LogP contribution in [0.25, 0.3) is 0 Å². The number of hydrogen-bond acceptors (Lipinski definition) is 5. The van der Waals surface area contributed by atoms with Gasteiger partial charge in [-0.3, -0.25) is 0 Å². The zero-order chi connectivity index (χ0) is 12.1. The molecule has 0 unspecified atom stereocenters. The molecule has 0 aliphatic rings. The van der Waals surface area contributed by atoms with Gasteiger partial charge in [-0.15, -0.1) is 0 Å². The van der Waals surface area contributed by atoms with E-state index in [4.69, 9.17) is 15.2 Å². The number of hydrogen-bond donors (Lipinski definition) is 1. The van der Waals surface area contributed by atoms with Crippen molar-refractivity contribution in [3.63, 3.8) is 0 Å². The Labute approximate surface area is 99.2 Å². The maximum atomic E-state index is 5.55. The quantitative estimate of drug-likeness (QED) is 0.867. The molecule has 2 aromatic rings. The first-order valence-corrected chi connectivity index (χ1v) is 5.14. The maximum absolute atomic E-state index is 5.55. The first kappa shape index (κ1) is 11.3. The third-order valence-corrected chi connectivity index (χ3v) is 2.21. The molecule has 2 rings (SSSR count). The van der Waals surface area contributed by atoms with E-state index in [0.29, 0.717) is 24.1 Å². The zero-order valence-electron chi connectivity index (χ0n) is 9.46. The molecule has 0 bridgehead atoms. The van der Waals surface area contributed by atoms with Gasteiger partial charge in [-0.2, -0.15) is 0 Å². The van der Waals surface area contributed by atoms with Gasteiger partial charge in [0.2, 0.25) is 11.8 Å². The average molecular weight is 231 g/mol. The summed E-state index contributed by atoms with van der Waals surface area (Å²) in [6.45, 7) is 0.515. The van der Waals surface area contributed by atoms with Crippen molar-refractivity contribution in [3.8, 4) is 17.5 Å². The van der Waals surface area contributed by atoms with Crippen LogP contribution in [0.1, 0.15) is 5.56 Å². The summed E-state index contributed by atoms with van der Waals surface area (Å²) in [5.74, 6) is 1.61. The number of nitrogens with two attached hydrogens (primary N) is 1. The summed E-state index contributed by atoms with van der Waals surface area (Å²) in [4.78, 5) is 7.88. The lowest BCUT2D eigenvalue weighted by Crippen LogP contribution is -1.96. The summed E-state index contributed by atoms with van der Waals surface area (Å²) in [6.07, 6.45) is 1.39. The normalized spacial score (nSPS) is 10.0. The number of nitrogens with zero attached hydrogens (tertiary/aromatic N) is 2. The molecule has 0 aliphatic heterocycles. The van der Waals surface area contributed by atoms with E-state index in [2.05, 4.69) is 9.97 Å². The molecule has 2 N–H and O–H groups in total. The molecule has 5 nitrogen and oxygen atoms in total. The molecule has 0 amide bonds. The molecule has 0 fully saturated rings. The molecular formula is C12H13N3O2. The summed E-state index contributed by atoms with van der Waals surface area (Å²) < 4.78 is 10.5. The van der Waals surface area contributed by atoms with Crippen molar-refractivity contribution in [2.75, 3.05) is 7.11 Å². The van der Waals surface area contributed by atoms with Gasteiger partial charge >= 0.3 is 0 Å². The van der Waals surface area contributed by atoms with E-state index in [-0.39, 0.29) is 0 Å². The minimum Gasteiger partial charge on any atom is -0.481 e. The third kappa shape index (κ3) is 2.92. The van der Waals surface area contributed by atoms with Gasteiger partial charge in [-0.1, -0.05) is 12.1 Å². The smallest absolute Gasteiger partial charge is 0.226 e. The van der Waals surface area contributed by atoms with Crippen LogP contribution in [0.4, 0.5) is 0 Å². The van der Waals surface area contributed by atoms with Crippen molar-refractivity contribution >= 4 is 0 Å². The molecule has 17 heavy (non-hydrogen) atoms. The van der Waals surface area contributed by atoms with E-state index in [1.165, 1.54) is 6.33 Å². The molecule has 0 spiro atoms. The van der Waals surface area contributed by atoms with E-state index in [1.54, 1.807) is 13.2 Å². The van der Waals surface area contributed by atoms with Gasteiger partial charge in [0.05, 0.1) is 13.2 Å². The lowest BCUT2D eigenvalue weighted by molar-refractivity contribution is 0.388. The van der Waals surface area contributed by atoms with Crippen LogP contribution < -0.4 is 15.2 Å². The van der Waals surface area contributed by atoms with Crippen LogP contribution in [0.2, 0.25) is 0 Å². The van der Waals surface area contributed by atoms with E-state index in [1.807, 2.05) is 24.3 Å². The number of benzene rings is 1. The van der Waals surface area contributed by atoms with Crippen LogP contribution in [0, 0.1) is 0 Å². The Morgan fingerprint density at radius 3 is 2.47 bits per heavy atom. The second-order valence-electron chi connectivity index (χ2n) is 3.35. The number of rotatable bonds is 4. The molecule has 0 saturated heterocycles. The number of aromatic nitrogens is 2. The third-order valence-electron chi connectivity index (χ3n) is 2.21. The molecule has 1 aromatic heterocycles. The fourth-order valence-electron chi connectivity index (χ4n) is 1.30. The van der Waals surface area contributed by atoms with Gasteiger partial charge in [-0.25, -0.2) is 9.97 Å². The summed E-state index contributed by atoms with van der Waals surface area (Å²) in [7, 11) is 1.54. The lowest BCUT2D eigenvalue weighted by atomic mass is 10.2. The number of ether oxygens (including phenoxy) is 2. The summed E-state index contributed by atoms with van der Waals surface area (Å²) in [5.41, 5.74) is 6.57. The molecule has 0 saturated carbocycles. The van der Waals surface area contributed by atoms with E-state index in [9.17, 15) is 0 Å². The Bertz CT molecular complexity index is 485. The maximum Gasteiger partial charge on any atom is 0.226 e. The highest BCUT2D eigenvalue weighted by molar-refractivity contribution is 5.31. The largest absolute Gasteiger partial charge is 0.481 e. The van der Waals surface area contributed by atoms with Crippen LogP contribution >= 0.6 is 0 Å². The Morgan fingerprint density at radius 1 is 1.12 bits per heavy atom. The molecule has 0 atom stereocenters. The monoisotopic (exact) mass is 231 g/mol. The summed E-state index contributed by atoms with van der Waals surface area (Å²) in [5, 5.41) is 0. The lowest BCUT2D eigenvalue weighted by Gasteiger charge is -2.05. The van der Waals surface area contributed by atoms with Crippen molar-refractivity contribution in [3.05, 3.63) is 42.2 Å². The molecule has 5 heteroatoms. The fourth-order valence-corrected chi connectivity index (χ4v) is 1.30. The molecular weight excluding hydrogens is 218 g/mol. The van der Waals surface area contributed by atoms with Crippen LogP contribution in [-0.4, -0.2) is 17.1 Å². The highest BCUT2D eigenvalue weighted by Crippen LogP contribution is 2.21. The van der Waals surface area contributed by atoms with Crippen molar-refractivity contribution in [2.45, 2.75) is 6.54 Å². The SMILES string of the molecule is COc1cc(Oc2ccc(CN)cc2)ncn1. The Morgan fingerprint density at radius 2 is 1.82 bits per heavy atom. The predicted octanol–water partition coefficient (Wildman–Crippen LogP) is 1.74. The van der Waals surface area contributed by atoms with Crippen molar-refractivity contribution in [1.82, 2.24) is 9.97 Å². The standard InChI is InChI=1S/C12H13N3O2/c1-16-11-6-12(15-8-14-11)17-10-4-2-9(7-13)3-5-10/h2-6,8H,7,13H2,1H3. The first-order valence-electron chi connectivity index (χ1n) is 5.14. The van der Waals surface area contributed by atoms with Gasteiger partial charge in [0.15, 0.2) is 0 Å². The van der Waals surface area contributed by atoms with Crippen LogP contribution in [0.15, 0.2) is 36.7 Å². The minimum atomic E-state index is 0.442. The van der Waals surface area contributed by atoms with Crippen molar-refractivity contribution in [2.24, 2.45) is 5.73 Å². The van der Waals surface area contributed by atoms with E-state index < -0.39 is 0 Å². The zero-order valence-corrected chi connectivity index (χ0v) is 9.46. The minimum absolute atomic E-state index is 0.442. The van der Waals surface area contributed by atoms with Gasteiger partial charge < -0.3 is 15.2 Å². The second-order valence-corrected chi connectivity index (χ2v) is 3.35. The topological polar surface area (TPSA) is 70.3 Å². The Balaban J connectivity index is 2.13. The van der Waals surface area contributed by atoms with E-state index in [0.717, 1.165) is 5.56 Å². The second kappa shape index (κ2) is 5.27. The molecule has 1 aromatic carbocycles. The molecule has 0 radical (unpaired) electrons. The Hall–Kier alpha value is -2.14. The molecule has 0 aliphatic carbocycles. The summed E-state index contributed by atoms with van der Waals surface area (Å²) >= 11 is 0. The average Bonchev–Trinajstić information content (AvgIpc) is 2.40. The van der Waals surface area contributed by atoms with E-state index >= 15 is 0 Å². The van der Waals surface area contributed by atoms with Crippen molar-refractivity contribution < 1.29 is 9.47 Å². The first-order chi connectivity index (χ1) is 8.31. The van der Waals surface area contributed by atoms with Gasteiger partial charge in [0.25, 0.3) is 0 Å². The van der Waals surface area contributed by atoms with Crippen LogP contribution in [-0.2, 0) is 6.54 Å². The van der Waals surface area contributed by atoms with Gasteiger partial charge in [0.1, 0.15) is 12.1 Å².